The summed E-state index contributed by atoms with van der Waals surface area (Å²) < 4.78 is 22.4. The normalized spacial score (nSPS) is 13.9. The fraction of sp³-hybridized carbons (Fsp3) is 0.143. The van der Waals surface area contributed by atoms with Crippen molar-refractivity contribution in [3.63, 3.8) is 0 Å². The number of allylic oxidation sites excluding steroid dienone is 1. The summed E-state index contributed by atoms with van der Waals surface area (Å²) in [5.74, 6) is 1.81. The van der Waals surface area contributed by atoms with Gasteiger partial charge in [-0.1, -0.05) is 42.5 Å². The van der Waals surface area contributed by atoms with Crippen molar-refractivity contribution >= 4 is 17.9 Å². The Hall–Kier alpha value is -4.32. The first-order valence-electron chi connectivity index (χ1n) is 10.9. The molecule has 0 unspecified atom stereocenters. The van der Waals surface area contributed by atoms with E-state index in [0.29, 0.717) is 36.4 Å². The molecule has 0 saturated heterocycles. The molecule has 0 amide bonds. The molecule has 4 rings (SSSR count). The molecule has 0 aliphatic carbocycles. The summed E-state index contributed by atoms with van der Waals surface area (Å²) in [4.78, 5) is 16.6. The quantitative estimate of drug-likeness (QED) is 0.181. The Kier molecular flexibility index (Phi) is 7.40. The van der Waals surface area contributed by atoms with Gasteiger partial charge in [-0.15, -0.1) is 6.58 Å². The highest BCUT2D eigenvalue weighted by molar-refractivity contribution is 6.12. The molecule has 6 heteroatoms. The Labute approximate surface area is 198 Å². The molecule has 0 atom stereocenters. The molecule has 0 aromatic heterocycles. The van der Waals surface area contributed by atoms with Crippen molar-refractivity contribution in [2.75, 3.05) is 20.3 Å². The van der Waals surface area contributed by atoms with Crippen molar-refractivity contribution in [1.82, 2.24) is 0 Å². The maximum atomic E-state index is 12.2. The van der Waals surface area contributed by atoms with Gasteiger partial charge in [-0.3, -0.25) is 0 Å². The maximum Gasteiger partial charge on any atom is 0.363 e. The van der Waals surface area contributed by atoms with Crippen LogP contribution < -0.4 is 14.2 Å². The van der Waals surface area contributed by atoms with Crippen molar-refractivity contribution in [1.29, 1.82) is 0 Å². The summed E-state index contributed by atoms with van der Waals surface area (Å²) in [6.07, 6.45) is 4.29. The molecule has 172 valence electrons. The lowest BCUT2D eigenvalue weighted by Crippen LogP contribution is -2.09. The second-order valence-electron chi connectivity index (χ2n) is 7.45. The first kappa shape index (κ1) is 22.9. The summed E-state index contributed by atoms with van der Waals surface area (Å²) >= 11 is 0. The van der Waals surface area contributed by atoms with Gasteiger partial charge in [0.15, 0.2) is 17.2 Å². The molecular weight excluding hydrogens is 430 g/mol. The van der Waals surface area contributed by atoms with Crippen molar-refractivity contribution in [3.8, 4) is 17.2 Å². The zero-order chi connectivity index (χ0) is 23.8. The predicted octanol–water partition coefficient (Wildman–Crippen LogP) is 5.23. The fourth-order valence-electron chi connectivity index (χ4n) is 3.40. The summed E-state index contributed by atoms with van der Waals surface area (Å²) in [7, 11) is 1.61. The highest BCUT2D eigenvalue weighted by atomic mass is 16.6. The number of benzene rings is 3. The van der Waals surface area contributed by atoms with Gasteiger partial charge in [-0.05, 0) is 60.0 Å². The number of rotatable bonds is 10. The van der Waals surface area contributed by atoms with E-state index in [4.69, 9.17) is 18.9 Å². The van der Waals surface area contributed by atoms with E-state index < -0.39 is 5.97 Å². The van der Waals surface area contributed by atoms with Gasteiger partial charge in [-0.2, -0.15) is 0 Å². The Bertz CT molecular complexity index is 1230. The third kappa shape index (κ3) is 5.72. The van der Waals surface area contributed by atoms with Gasteiger partial charge in [-0.25, -0.2) is 9.79 Å². The molecule has 1 aliphatic rings. The topological polar surface area (TPSA) is 66.3 Å². The van der Waals surface area contributed by atoms with Crippen LogP contribution in [0.25, 0.3) is 6.08 Å². The van der Waals surface area contributed by atoms with Crippen LogP contribution in [0.2, 0.25) is 0 Å². The molecule has 0 N–H and O–H groups in total. The van der Waals surface area contributed by atoms with Crippen LogP contribution in [0.4, 0.5) is 0 Å². The minimum Gasteiger partial charge on any atom is -0.493 e. The molecule has 0 bridgehead atoms. The van der Waals surface area contributed by atoms with Crippen LogP contribution in [-0.2, 0) is 16.0 Å². The van der Waals surface area contributed by atoms with E-state index >= 15 is 0 Å². The first-order valence-corrected chi connectivity index (χ1v) is 10.9. The number of esters is 1. The predicted molar refractivity (Wildman–Crippen MR) is 131 cm³/mol. The van der Waals surface area contributed by atoms with Gasteiger partial charge in [0, 0.05) is 5.56 Å². The standard InChI is InChI=1S/C28H25NO5/c1-3-8-20-13-14-25(26(19-20)31-2)33-16-15-32-23-12-7-9-21(17-23)18-24-28(30)34-27(29-24)22-10-5-4-6-11-22/h3-7,9-14,17-19H,1,8,15-16H2,2H3/b24-18-. The number of hydrogen-bond donors (Lipinski definition) is 0. The van der Waals surface area contributed by atoms with Crippen LogP contribution in [-0.4, -0.2) is 32.2 Å². The van der Waals surface area contributed by atoms with Crippen LogP contribution in [0.1, 0.15) is 16.7 Å². The van der Waals surface area contributed by atoms with Gasteiger partial charge in [0.1, 0.15) is 19.0 Å². The second kappa shape index (κ2) is 11.0. The average Bonchev–Trinajstić information content (AvgIpc) is 3.23. The molecule has 1 aliphatic heterocycles. The lowest BCUT2D eigenvalue weighted by Gasteiger charge is -2.12. The molecule has 0 spiro atoms. The monoisotopic (exact) mass is 455 g/mol. The lowest BCUT2D eigenvalue weighted by atomic mass is 10.1. The maximum absolute atomic E-state index is 12.2. The Morgan fingerprint density at radius 3 is 2.56 bits per heavy atom. The molecular formula is C28H25NO5. The summed E-state index contributed by atoms with van der Waals surface area (Å²) in [5.41, 5.74) is 2.88. The van der Waals surface area contributed by atoms with Crippen molar-refractivity contribution in [2.24, 2.45) is 4.99 Å². The number of carbonyl (C=O) groups excluding carboxylic acids is 1. The molecule has 3 aromatic carbocycles. The molecule has 0 fully saturated rings. The molecule has 3 aromatic rings. The number of cyclic esters (lactones) is 1. The highest BCUT2D eigenvalue weighted by Crippen LogP contribution is 2.28. The summed E-state index contributed by atoms with van der Waals surface area (Å²) in [5, 5.41) is 0. The number of hydrogen-bond acceptors (Lipinski definition) is 6. The molecule has 34 heavy (non-hydrogen) atoms. The van der Waals surface area contributed by atoms with E-state index in [1.165, 1.54) is 0 Å². The van der Waals surface area contributed by atoms with Crippen LogP contribution in [0, 0.1) is 0 Å². The number of nitrogens with zero attached hydrogens (tertiary/aromatic N) is 1. The smallest absolute Gasteiger partial charge is 0.363 e. The van der Waals surface area contributed by atoms with Crippen molar-refractivity contribution in [2.45, 2.75) is 6.42 Å². The van der Waals surface area contributed by atoms with E-state index in [0.717, 1.165) is 23.1 Å². The molecule has 6 nitrogen and oxygen atoms in total. The average molecular weight is 456 g/mol. The third-order valence-corrected chi connectivity index (χ3v) is 5.02. The minimum absolute atomic E-state index is 0.242. The number of carbonyl (C=O) groups is 1. The summed E-state index contributed by atoms with van der Waals surface area (Å²) in [6, 6.07) is 22.5. The van der Waals surface area contributed by atoms with Gasteiger partial charge >= 0.3 is 5.97 Å². The Morgan fingerprint density at radius 1 is 0.941 bits per heavy atom. The first-order chi connectivity index (χ1) is 16.7. The van der Waals surface area contributed by atoms with Gasteiger partial charge in [0.05, 0.1) is 7.11 Å². The van der Waals surface area contributed by atoms with Crippen LogP contribution in [0.15, 0.2) is 96.1 Å². The third-order valence-electron chi connectivity index (χ3n) is 5.02. The van der Waals surface area contributed by atoms with E-state index in [9.17, 15) is 4.79 Å². The number of aliphatic imine (C=N–C) groups is 1. The van der Waals surface area contributed by atoms with Gasteiger partial charge < -0.3 is 18.9 Å². The van der Waals surface area contributed by atoms with Crippen molar-refractivity contribution in [3.05, 3.63) is 108 Å². The Balaban J connectivity index is 1.36. The van der Waals surface area contributed by atoms with E-state index in [2.05, 4.69) is 11.6 Å². The van der Waals surface area contributed by atoms with Gasteiger partial charge in [0.2, 0.25) is 5.90 Å². The number of methoxy groups -OCH3 is 1. The molecule has 0 saturated carbocycles. The SMILES string of the molecule is C=CCc1ccc(OCCOc2cccc(/C=C3\N=C(c4ccccc4)OC3=O)c2)c(OC)c1. The van der Waals surface area contributed by atoms with Gasteiger partial charge in [0.25, 0.3) is 0 Å². The lowest BCUT2D eigenvalue weighted by molar-refractivity contribution is -0.129. The van der Waals surface area contributed by atoms with E-state index in [-0.39, 0.29) is 5.70 Å². The fourth-order valence-corrected chi connectivity index (χ4v) is 3.40. The minimum atomic E-state index is -0.480. The van der Waals surface area contributed by atoms with Crippen LogP contribution >= 0.6 is 0 Å². The van der Waals surface area contributed by atoms with Crippen LogP contribution in [0.5, 0.6) is 17.2 Å². The van der Waals surface area contributed by atoms with E-state index in [1.807, 2.05) is 78.9 Å². The van der Waals surface area contributed by atoms with Crippen molar-refractivity contribution < 1.29 is 23.7 Å². The zero-order valence-electron chi connectivity index (χ0n) is 18.9. The highest BCUT2D eigenvalue weighted by Gasteiger charge is 2.23. The molecule has 0 radical (unpaired) electrons. The molecule has 1 heterocycles. The second-order valence-corrected chi connectivity index (χ2v) is 7.45. The summed E-state index contributed by atoms with van der Waals surface area (Å²) in [6.45, 7) is 4.45. The van der Waals surface area contributed by atoms with E-state index in [1.54, 1.807) is 13.2 Å². The number of ether oxygens (including phenoxy) is 4. The largest absolute Gasteiger partial charge is 0.493 e. The zero-order valence-corrected chi connectivity index (χ0v) is 18.9. The van der Waals surface area contributed by atoms with Crippen LogP contribution in [0.3, 0.4) is 0 Å². The Morgan fingerprint density at radius 2 is 1.76 bits per heavy atom.